The second-order valence-electron chi connectivity index (χ2n) is 4.95. The van der Waals surface area contributed by atoms with Gasteiger partial charge in [-0.1, -0.05) is 4.68 Å². The summed E-state index contributed by atoms with van der Waals surface area (Å²) in [6, 6.07) is 0.133. The van der Waals surface area contributed by atoms with Crippen molar-refractivity contribution in [2.45, 2.75) is 52.7 Å². The van der Waals surface area contributed by atoms with E-state index >= 15 is 0 Å². The third-order valence-corrected chi connectivity index (χ3v) is 2.00. The molecule has 0 aromatic carbocycles. The average Bonchev–Trinajstić information content (AvgIpc) is 2.42. The van der Waals surface area contributed by atoms with Crippen LogP contribution in [0.1, 0.15) is 46.4 Å². The van der Waals surface area contributed by atoms with Crippen LogP contribution in [0.5, 0.6) is 5.95 Å². The van der Waals surface area contributed by atoms with Crippen LogP contribution >= 0.6 is 0 Å². The first kappa shape index (κ1) is 12.0. The van der Waals surface area contributed by atoms with E-state index in [4.69, 9.17) is 0 Å². The van der Waals surface area contributed by atoms with Crippen LogP contribution in [0, 0.1) is 0 Å². The lowest BCUT2D eigenvalue weighted by atomic mass is 10.1. The molecular formula is C10H19N3O2. The third kappa shape index (κ3) is 3.20. The van der Waals surface area contributed by atoms with Crippen LogP contribution in [0.2, 0.25) is 0 Å². The van der Waals surface area contributed by atoms with Crippen molar-refractivity contribution in [1.29, 1.82) is 0 Å². The largest absolute Gasteiger partial charge is 0.539 e. The van der Waals surface area contributed by atoms with Gasteiger partial charge in [0, 0.05) is 5.54 Å². The Kier molecular flexibility index (Phi) is 3.34. The average molecular weight is 213 g/mol. The molecule has 1 aromatic rings. The van der Waals surface area contributed by atoms with E-state index < -0.39 is 0 Å². The van der Waals surface area contributed by atoms with Crippen molar-refractivity contribution in [3.05, 3.63) is 5.69 Å². The molecule has 86 valence electrons. The summed E-state index contributed by atoms with van der Waals surface area (Å²) < 4.78 is 6.25. The Bertz CT molecular complexity index is 326. The van der Waals surface area contributed by atoms with Crippen molar-refractivity contribution < 1.29 is 14.3 Å². The molecule has 0 saturated heterocycles. The minimum absolute atomic E-state index is 0.0292. The lowest BCUT2D eigenvalue weighted by molar-refractivity contribution is -0.785. The molecule has 0 spiro atoms. The second kappa shape index (κ2) is 4.18. The van der Waals surface area contributed by atoms with Gasteiger partial charge < -0.3 is 14.9 Å². The summed E-state index contributed by atoms with van der Waals surface area (Å²) in [5.41, 5.74) is 0.540. The van der Waals surface area contributed by atoms with Crippen LogP contribution in [0.15, 0.2) is 4.52 Å². The van der Waals surface area contributed by atoms with E-state index in [-0.39, 0.29) is 17.5 Å². The van der Waals surface area contributed by atoms with Crippen molar-refractivity contribution in [3.63, 3.8) is 0 Å². The predicted octanol–water partition coefficient (Wildman–Crippen LogP) is 0.505. The van der Waals surface area contributed by atoms with Crippen LogP contribution in [0.25, 0.3) is 0 Å². The lowest BCUT2D eigenvalue weighted by Gasteiger charge is -2.19. The molecule has 1 aromatic heterocycles. The zero-order valence-corrected chi connectivity index (χ0v) is 10.00. The van der Waals surface area contributed by atoms with Gasteiger partial charge in [-0.25, -0.2) is 0 Å². The molecule has 0 atom stereocenters. The Hall–Kier alpha value is -1.10. The highest BCUT2D eigenvalue weighted by atomic mass is 16.6. The molecule has 1 heterocycles. The van der Waals surface area contributed by atoms with Gasteiger partial charge in [-0.05, 0) is 34.6 Å². The Morgan fingerprint density at radius 2 is 2.07 bits per heavy atom. The van der Waals surface area contributed by atoms with Gasteiger partial charge in [0.05, 0.1) is 11.8 Å². The van der Waals surface area contributed by atoms with E-state index in [9.17, 15) is 5.11 Å². The highest BCUT2D eigenvalue weighted by Crippen LogP contribution is 2.10. The second-order valence-corrected chi connectivity index (χ2v) is 4.95. The van der Waals surface area contributed by atoms with Crippen LogP contribution in [0.4, 0.5) is 0 Å². The van der Waals surface area contributed by atoms with Gasteiger partial charge >= 0.3 is 0 Å². The molecule has 15 heavy (non-hydrogen) atoms. The fourth-order valence-electron chi connectivity index (χ4n) is 1.18. The van der Waals surface area contributed by atoms with Gasteiger partial charge in [-0.15, -0.1) is 0 Å². The maximum atomic E-state index is 11.4. The number of rotatable bonds is 3. The third-order valence-electron chi connectivity index (χ3n) is 2.00. The molecule has 0 aliphatic rings. The molecule has 0 aliphatic heterocycles. The van der Waals surface area contributed by atoms with Crippen LogP contribution in [0.3, 0.4) is 0 Å². The minimum Gasteiger partial charge on any atom is -0.539 e. The summed E-state index contributed by atoms with van der Waals surface area (Å²) in [6.45, 7) is 10.5. The maximum Gasteiger partial charge on any atom is 0.247 e. The van der Waals surface area contributed by atoms with Crippen molar-refractivity contribution in [1.82, 2.24) is 10.6 Å². The summed E-state index contributed by atoms with van der Waals surface area (Å²) in [4.78, 5) is 0. The van der Waals surface area contributed by atoms with E-state index in [1.807, 2.05) is 34.6 Å². The Balaban J connectivity index is 2.79. The van der Waals surface area contributed by atoms with E-state index in [0.29, 0.717) is 12.2 Å². The smallest absolute Gasteiger partial charge is 0.247 e. The standard InChI is InChI=1S/C10H19N3O2/c1-7(2)13-8(9(14)15-12-13)6-11-10(3,4)5/h7,11H,6H2,1-5H3. The number of nitrogens with zero attached hydrogens (tertiary/aromatic N) is 2. The highest BCUT2D eigenvalue weighted by Gasteiger charge is 2.22. The fraction of sp³-hybridized carbons (Fsp3) is 0.800. The first-order chi connectivity index (χ1) is 6.81. The van der Waals surface area contributed by atoms with Gasteiger partial charge in [0.2, 0.25) is 5.69 Å². The van der Waals surface area contributed by atoms with Crippen molar-refractivity contribution in [2.24, 2.45) is 0 Å². The van der Waals surface area contributed by atoms with Gasteiger partial charge in [0.15, 0.2) is 12.0 Å². The zero-order valence-electron chi connectivity index (χ0n) is 10.00. The summed E-state index contributed by atoms with van der Waals surface area (Å²) in [6.07, 6.45) is 0. The molecule has 0 fully saturated rings. The van der Waals surface area contributed by atoms with Crippen LogP contribution in [-0.4, -0.2) is 10.8 Å². The monoisotopic (exact) mass is 213 g/mol. The molecule has 5 heteroatoms. The molecule has 0 aliphatic carbocycles. The van der Waals surface area contributed by atoms with Gasteiger partial charge in [0.25, 0.3) is 0 Å². The van der Waals surface area contributed by atoms with E-state index in [0.717, 1.165) is 0 Å². The molecule has 0 unspecified atom stereocenters. The quantitative estimate of drug-likeness (QED) is 0.743. The summed E-state index contributed by atoms with van der Waals surface area (Å²) in [5.74, 6) is -0.361. The number of aromatic nitrogens is 2. The Morgan fingerprint density at radius 1 is 1.47 bits per heavy atom. The molecular weight excluding hydrogens is 194 g/mol. The summed E-state index contributed by atoms with van der Waals surface area (Å²) >= 11 is 0. The van der Waals surface area contributed by atoms with E-state index in [1.165, 1.54) is 0 Å². The van der Waals surface area contributed by atoms with E-state index in [2.05, 4.69) is 15.1 Å². The fourth-order valence-corrected chi connectivity index (χ4v) is 1.18. The van der Waals surface area contributed by atoms with Gasteiger partial charge in [-0.2, -0.15) is 0 Å². The molecule has 1 N–H and O–H groups in total. The Morgan fingerprint density at radius 3 is 2.53 bits per heavy atom. The first-order valence-corrected chi connectivity index (χ1v) is 5.13. The molecule has 1 rings (SSSR count). The minimum atomic E-state index is -0.361. The number of nitrogens with one attached hydrogen (secondary N) is 1. The normalized spacial score (nSPS) is 12.4. The topological polar surface area (TPSA) is 65.0 Å². The zero-order chi connectivity index (χ0) is 11.6. The summed E-state index contributed by atoms with van der Waals surface area (Å²) in [5, 5.41) is 18.3. The van der Waals surface area contributed by atoms with Crippen LogP contribution in [-0.2, 0) is 6.54 Å². The van der Waals surface area contributed by atoms with Crippen molar-refractivity contribution in [2.75, 3.05) is 0 Å². The molecule has 0 radical (unpaired) electrons. The molecule has 0 bridgehead atoms. The maximum absolute atomic E-state index is 11.4. The molecule has 0 saturated carbocycles. The van der Waals surface area contributed by atoms with Gasteiger partial charge in [0.1, 0.15) is 0 Å². The van der Waals surface area contributed by atoms with E-state index in [1.54, 1.807) is 4.68 Å². The van der Waals surface area contributed by atoms with Crippen LogP contribution < -0.4 is 15.1 Å². The predicted molar refractivity (Wildman–Crippen MR) is 53.1 cm³/mol. The van der Waals surface area contributed by atoms with Crippen molar-refractivity contribution in [3.8, 4) is 5.95 Å². The molecule has 0 amide bonds. The Labute approximate surface area is 90.1 Å². The number of hydrogen-bond donors (Lipinski definition) is 1. The van der Waals surface area contributed by atoms with Gasteiger partial charge in [-0.3, -0.25) is 0 Å². The number of hydrogen-bond acceptors (Lipinski definition) is 4. The van der Waals surface area contributed by atoms with Crippen molar-refractivity contribution >= 4 is 0 Å². The molecule has 5 nitrogen and oxygen atoms in total. The lowest BCUT2D eigenvalue weighted by Crippen LogP contribution is -2.45. The SMILES string of the molecule is CC(C)[n+]1noc([O-])c1CNC(C)(C)C. The first-order valence-electron chi connectivity index (χ1n) is 5.13. The highest BCUT2D eigenvalue weighted by molar-refractivity contribution is 5.03. The summed E-state index contributed by atoms with van der Waals surface area (Å²) in [7, 11) is 0.